The van der Waals surface area contributed by atoms with Gasteiger partial charge in [0.15, 0.2) is 0 Å². The molecule has 6 heteroatoms. The third-order valence-corrected chi connectivity index (χ3v) is 7.19. The Morgan fingerprint density at radius 1 is 1.00 bits per heavy atom. The number of esters is 3. The van der Waals surface area contributed by atoms with Crippen LogP contribution in [-0.2, 0) is 28.6 Å². The molecule has 31 heavy (non-hydrogen) atoms. The van der Waals surface area contributed by atoms with Gasteiger partial charge in [0, 0.05) is 17.6 Å². The van der Waals surface area contributed by atoms with Crippen molar-refractivity contribution < 1.29 is 28.6 Å². The van der Waals surface area contributed by atoms with Gasteiger partial charge in [-0.1, -0.05) is 27.5 Å². The fourth-order valence-corrected chi connectivity index (χ4v) is 5.87. The van der Waals surface area contributed by atoms with Crippen LogP contribution in [0, 0.1) is 23.7 Å². The number of hydrogen-bond donors (Lipinski definition) is 0. The summed E-state index contributed by atoms with van der Waals surface area (Å²) in [6.07, 6.45) is 7.25. The summed E-state index contributed by atoms with van der Waals surface area (Å²) in [5.41, 5.74) is 0.662. The van der Waals surface area contributed by atoms with Crippen molar-refractivity contribution in [2.45, 2.75) is 84.8 Å². The smallest absolute Gasteiger partial charge is 0.347 e. The van der Waals surface area contributed by atoms with Crippen molar-refractivity contribution in [1.29, 1.82) is 0 Å². The fraction of sp³-hybridized carbons (Fsp3) is 0.720. The second-order valence-corrected chi connectivity index (χ2v) is 9.41. The minimum absolute atomic E-state index is 0. The second kappa shape index (κ2) is 10.0. The zero-order chi connectivity index (χ0) is 22.1. The van der Waals surface area contributed by atoms with Crippen molar-refractivity contribution in [1.82, 2.24) is 0 Å². The lowest BCUT2D eigenvalue weighted by Gasteiger charge is -2.60. The Kier molecular flexibility index (Phi) is 8.12. The maximum absolute atomic E-state index is 12.0. The predicted molar refractivity (Wildman–Crippen MR) is 118 cm³/mol. The van der Waals surface area contributed by atoms with Gasteiger partial charge in [-0.15, -0.1) is 0 Å². The number of cyclic esters (lactones) is 1. The minimum Gasteiger partial charge on any atom is -0.463 e. The fourth-order valence-electron chi connectivity index (χ4n) is 5.87. The summed E-state index contributed by atoms with van der Waals surface area (Å²) in [5.74, 6) is 1.86. The zero-order valence-electron chi connectivity index (χ0n) is 18.4. The van der Waals surface area contributed by atoms with Gasteiger partial charge in [0.2, 0.25) is 6.10 Å². The molecule has 0 spiro atoms. The molecule has 0 amide bonds. The highest BCUT2D eigenvalue weighted by atomic mass is 16.6. The van der Waals surface area contributed by atoms with Gasteiger partial charge in [-0.2, -0.15) is 0 Å². The van der Waals surface area contributed by atoms with E-state index in [0.29, 0.717) is 30.4 Å². The Morgan fingerprint density at radius 3 is 1.90 bits per heavy atom. The molecule has 6 nitrogen and oxygen atoms in total. The highest BCUT2D eigenvalue weighted by Crippen LogP contribution is 2.60. The van der Waals surface area contributed by atoms with Crippen molar-refractivity contribution in [2.24, 2.45) is 23.7 Å². The van der Waals surface area contributed by atoms with Crippen LogP contribution in [0.5, 0.6) is 0 Å². The van der Waals surface area contributed by atoms with E-state index in [-0.39, 0.29) is 24.6 Å². The molecule has 4 bridgehead atoms. The largest absolute Gasteiger partial charge is 0.463 e. The van der Waals surface area contributed by atoms with Crippen LogP contribution in [0.4, 0.5) is 0 Å². The second-order valence-electron chi connectivity index (χ2n) is 9.41. The molecule has 5 aliphatic rings. The highest BCUT2D eigenvalue weighted by molar-refractivity contribution is 5.89. The third kappa shape index (κ3) is 5.21. The normalized spacial score (nSPS) is 34.5. The van der Waals surface area contributed by atoms with E-state index >= 15 is 0 Å². The van der Waals surface area contributed by atoms with Gasteiger partial charge in [-0.25, -0.2) is 14.4 Å². The number of ether oxygens (including phenoxy) is 3. The van der Waals surface area contributed by atoms with Gasteiger partial charge in [0.05, 0.1) is 6.61 Å². The Hall–Kier alpha value is -2.11. The van der Waals surface area contributed by atoms with E-state index in [2.05, 4.69) is 24.8 Å². The predicted octanol–water partition coefficient (Wildman–Crippen LogP) is 4.77. The molecule has 0 aromatic heterocycles. The summed E-state index contributed by atoms with van der Waals surface area (Å²) in [5, 5.41) is 0. The molecule has 1 aliphatic heterocycles. The molecule has 0 radical (unpaired) electrons. The third-order valence-electron chi connectivity index (χ3n) is 7.19. The van der Waals surface area contributed by atoms with Gasteiger partial charge in [0.1, 0.15) is 5.60 Å². The van der Waals surface area contributed by atoms with E-state index in [1.165, 1.54) is 39.0 Å². The number of carbonyl (C=O) groups is 3. The first-order valence-electron chi connectivity index (χ1n) is 11.1. The van der Waals surface area contributed by atoms with Crippen molar-refractivity contribution >= 4 is 17.9 Å². The van der Waals surface area contributed by atoms with Crippen LogP contribution in [0.25, 0.3) is 0 Å². The SMILES string of the molecule is C.C=C(C)C(=O)OC1(CC)C2CC3CC(C2)CC1C3.C=C(C)C(=O)OC1CCOC1=O. The summed E-state index contributed by atoms with van der Waals surface area (Å²) in [7, 11) is 0. The van der Waals surface area contributed by atoms with Crippen LogP contribution in [0.3, 0.4) is 0 Å². The van der Waals surface area contributed by atoms with Crippen LogP contribution < -0.4 is 0 Å². The Bertz CT molecular complexity index is 708. The van der Waals surface area contributed by atoms with E-state index < -0.39 is 18.0 Å². The lowest BCUT2D eigenvalue weighted by atomic mass is 9.49. The van der Waals surface area contributed by atoms with E-state index in [9.17, 15) is 14.4 Å². The quantitative estimate of drug-likeness (QED) is 0.352. The van der Waals surface area contributed by atoms with Gasteiger partial charge in [-0.3, -0.25) is 0 Å². The van der Waals surface area contributed by atoms with Crippen molar-refractivity contribution in [3.05, 3.63) is 24.3 Å². The van der Waals surface area contributed by atoms with Crippen molar-refractivity contribution in [2.75, 3.05) is 6.61 Å². The summed E-state index contributed by atoms with van der Waals surface area (Å²) in [6, 6.07) is 0. The molecule has 5 fully saturated rings. The topological polar surface area (TPSA) is 78.9 Å². The summed E-state index contributed by atoms with van der Waals surface area (Å²) < 4.78 is 15.4. The minimum atomic E-state index is -0.728. The standard InChI is InChI=1S/C16H24O2.C8H10O4.CH4/c1-4-16(18-15(17)10(2)3)13-6-11-5-12(8-13)9-14(16)7-11;1-5(2)7(9)12-6-3-4-11-8(6)10;/h11-14H,2,4-9H2,1,3H3;6H,1,3-4H2,2H3;1H4. The Balaban J connectivity index is 0.000000231. The first-order valence-corrected chi connectivity index (χ1v) is 11.1. The molecule has 4 saturated carbocycles. The summed E-state index contributed by atoms with van der Waals surface area (Å²) in [6.45, 7) is 12.9. The molecule has 5 rings (SSSR count). The molecule has 0 N–H and O–H groups in total. The molecule has 1 atom stereocenters. The first-order chi connectivity index (χ1) is 14.2. The average Bonchev–Trinajstić information content (AvgIpc) is 3.09. The maximum Gasteiger partial charge on any atom is 0.347 e. The maximum atomic E-state index is 12.0. The molecule has 0 aromatic rings. The molecule has 0 aromatic carbocycles. The van der Waals surface area contributed by atoms with Crippen molar-refractivity contribution in [3.8, 4) is 0 Å². The van der Waals surface area contributed by atoms with E-state index in [4.69, 9.17) is 9.47 Å². The lowest BCUT2D eigenvalue weighted by Crippen LogP contribution is -2.59. The first kappa shape index (κ1) is 25.2. The van der Waals surface area contributed by atoms with Crippen LogP contribution >= 0.6 is 0 Å². The monoisotopic (exact) mass is 434 g/mol. The number of carbonyl (C=O) groups excluding carboxylic acids is 3. The summed E-state index contributed by atoms with van der Waals surface area (Å²) in [4.78, 5) is 33.7. The lowest BCUT2D eigenvalue weighted by molar-refractivity contribution is -0.207. The molecule has 1 unspecified atom stereocenters. The van der Waals surface area contributed by atoms with E-state index in [1.54, 1.807) is 6.92 Å². The zero-order valence-corrected chi connectivity index (χ0v) is 18.4. The number of rotatable bonds is 5. The van der Waals surface area contributed by atoms with Crippen LogP contribution in [0.15, 0.2) is 24.3 Å². The summed E-state index contributed by atoms with van der Waals surface area (Å²) >= 11 is 0. The number of hydrogen-bond acceptors (Lipinski definition) is 6. The Labute approximate surface area is 186 Å². The van der Waals surface area contributed by atoms with Crippen LogP contribution in [0.1, 0.15) is 73.1 Å². The van der Waals surface area contributed by atoms with E-state index in [1.807, 2.05) is 0 Å². The van der Waals surface area contributed by atoms with Gasteiger partial charge in [-0.05, 0) is 76.0 Å². The van der Waals surface area contributed by atoms with Gasteiger partial charge < -0.3 is 14.2 Å². The Morgan fingerprint density at radius 2 is 1.52 bits per heavy atom. The highest BCUT2D eigenvalue weighted by Gasteiger charge is 2.58. The van der Waals surface area contributed by atoms with E-state index in [0.717, 1.165) is 18.3 Å². The molecule has 4 aliphatic carbocycles. The van der Waals surface area contributed by atoms with Gasteiger partial charge in [0.25, 0.3) is 0 Å². The molecular weight excluding hydrogens is 396 g/mol. The molecule has 1 heterocycles. The molecule has 174 valence electrons. The molecule has 1 saturated heterocycles. The van der Waals surface area contributed by atoms with Crippen molar-refractivity contribution in [3.63, 3.8) is 0 Å². The van der Waals surface area contributed by atoms with Gasteiger partial charge >= 0.3 is 17.9 Å². The van der Waals surface area contributed by atoms with Crippen LogP contribution in [0.2, 0.25) is 0 Å². The average molecular weight is 435 g/mol. The molecular formula is C25H38O6. The van der Waals surface area contributed by atoms with Crippen LogP contribution in [-0.4, -0.2) is 36.2 Å².